The van der Waals surface area contributed by atoms with Crippen LogP contribution in [0.15, 0.2) is 24.3 Å². The van der Waals surface area contributed by atoms with Crippen LogP contribution in [-0.4, -0.2) is 104 Å². The smallest absolute Gasteiger partial charge is 0.245 e. The highest BCUT2D eigenvalue weighted by molar-refractivity contribution is 8.13. The van der Waals surface area contributed by atoms with Crippen molar-refractivity contribution in [3.8, 4) is 0 Å². The maximum atomic E-state index is 13.7. The molecule has 1 aromatic carbocycles. The molecule has 0 spiro atoms. The Bertz CT molecular complexity index is 1090. The summed E-state index contributed by atoms with van der Waals surface area (Å²) in [6.45, 7) is 6.68. The van der Waals surface area contributed by atoms with Crippen molar-refractivity contribution in [1.82, 2.24) is 20.9 Å². The summed E-state index contributed by atoms with van der Waals surface area (Å²) in [5.41, 5.74) is 1.36. The molecule has 0 aliphatic heterocycles. The van der Waals surface area contributed by atoms with Gasteiger partial charge in [-0.3, -0.25) is 19.2 Å². The number of thioether (sulfide) groups is 1. The summed E-state index contributed by atoms with van der Waals surface area (Å²) in [6, 6.07) is 6.48. The second-order valence-corrected chi connectivity index (χ2v) is 13.0. The topological polar surface area (TPSA) is 143 Å². The van der Waals surface area contributed by atoms with E-state index in [4.69, 9.17) is 9.47 Å². The molecule has 2 unspecified atom stereocenters. The zero-order chi connectivity index (χ0) is 33.2. The van der Waals surface area contributed by atoms with Gasteiger partial charge in [-0.05, 0) is 43.4 Å². The Morgan fingerprint density at radius 1 is 1.04 bits per heavy atom. The van der Waals surface area contributed by atoms with Crippen molar-refractivity contribution in [3.63, 3.8) is 0 Å². The number of likely N-dealkylation sites (N-methyl/N-ethyl adjacent to an activating group) is 1. The Kier molecular flexibility index (Phi) is 17.4. The first kappa shape index (κ1) is 38.4. The van der Waals surface area contributed by atoms with Crippen LogP contribution < -0.4 is 16.0 Å². The SMILES string of the molecule is CCCN(CC(=O)NC(C=O)CCCCCSC(=O)COCCOC)C(=O)C(NC(=O)C1(NC)Cc2ccccc2C1)C(C)C. The molecule has 0 saturated heterocycles. The molecule has 1 aromatic rings. The van der Waals surface area contributed by atoms with E-state index >= 15 is 0 Å². The zero-order valence-electron chi connectivity index (χ0n) is 27.5. The minimum absolute atomic E-state index is 0.0276. The highest BCUT2D eigenvalue weighted by Gasteiger charge is 2.44. The second kappa shape index (κ2) is 20.3. The van der Waals surface area contributed by atoms with Gasteiger partial charge in [-0.15, -0.1) is 0 Å². The Morgan fingerprint density at radius 2 is 1.73 bits per heavy atom. The summed E-state index contributed by atoms with van der Waals surface area (Å²) in [5, 5.41) is 8.93. The monoisotopic (exact) mass is 648 g/mol. The van der Waals surface area contributed by atoms with Crippen molar-refractivity contribution in [1.29, 1.82) is 0 Å². The van der Waals surface area contributed by atoms with Gasteiger partial charge in [0.15, 0.2) is 0 Å². The summed E-state index contributed by atoms with van der Waals surface area (Å²) in [5.74, 6) is -0.533. The van der Waals surface area contributed by atoms with Crippen LogP contribution in [-0.2, 0) is 46.3 Å². The van der Waals surface area contributed by atoms with Gasteiger partial charge in [0.05, 0.1) is 25.8 Å². The number of ether oxygens (including phenoxy) is 2. The third kappa shape index (κ3) is 12.5. The lowest BCUT2D eigenvalue weighted by molar-refractivity contribution is -0.141. The van der Waals surface area contributed by atoms with Gasteiger partial charge < -0.3 is 35.1 Å². The quantitative estimate of drug-likeness (QED) is 0.128. The Morgan fingerprint density at radius 3 is 2.31 bits per heavy atom. The lowest BCUT2D eigenvalue weighted by Gasteiger charge is -2.33. The minimum atomic E-state index is -0.853. The predicted octanol–water partition coefficient (Wildman–Crippen LogP) is 2.29. The molecule has 0 radical (unpaired) electrons. The zero-order valence-corrected chi connectivity index (χ0v) is 28.3. The molecule has 0 aromatic heterocycles. The summed E-state index contributed by atoms with van der Waals surface area (Å²) >= 11 is 1.23. The van der Waals surface area contributed by atoms with Gasteiger partial charge in [-0.25, -0.2) is 0 Å². The number of methoxy groups -OCH3 is 1. The third-order valence-corrected chi connectivity index (χ3v) is 8.89. The van der Waals surface area contributed by atoms with Crippen LogP contribution in [0.25, 0.3) is 0 Å². The maximum absolute atomic E-state index is 13.7. The Hall–Kier alpha value is -2.80. The normalized spacial score (nSPS) is 14.8. The van der Waals surface area contributed by atoms with Crippen LogP contribution in [0.4, 0.5) is 0 Å². The van der Waals surface area contributed by atoms with Crippen LogP contribution in [0.5, 0.6) is 0 Å². The molecule has 1 aliphatic rings. The fourth-order valence-electron chi connectivity index (χ4n) is 5.36. The summed E-state index contributed by atoms with van der Waals surface area (Å²) in [6.07, 6.45) is 5.18. The van der Waals surface area contributed by atoms with Gasteiger partial charge in [-0.2, -0.15) is 0 Å². The lowest BCUT2D eigenvalue weighted by atomic mass is 9.92. The number of rotatable bonds is 22. The number of nitrogens with one attached hydrogen (secondary N) is 3. The van der Waals surface area contributed by atoms with E-state index in [1.165, 1.54) is 16.7 Å². The van der Waals surface area contributed by atoms with Gasteiger partial charge >= 0.3 is 0 Å². The number of hydrogen-bond acceptors (Lipinski definition) is 9. The number of carbonyl (C=O) groups excluding carboxylic acids is 5. The fraction of sp³-hybridized carbons (Fsp3) is 0.667. The molecule has 0 heterocycles. The standard InChI is InChI=1S/C33H52N4O7S/c1-6-15-37(21-28(39)35-27(22-38)14-8-7-11-18-45-29(40)23-44-17-16-43-5)31(41)30(24(2)3)36-32(42)33(34-4)19-25-12-9-10-13-26(25)20-33/h9-10,12-13,22,24,27,30,34H,6-8,11,14-21,23H2,1-5H3,(H,35,39)(H,36,42). The van der Waals surface area contributed by atoms with E-state index in [-0.39, 0.29) is 36.0 Å². The van der Waals surface area contributed by atoms with Crippen molar-refractivity contribution in [2.24, 2.45) is 5.92 Å². The third-order valence-electron chi connectivity index (χ3n) is 7.96. The molecular weight excluding hydrogens is 596 g/mol. The maximum Gasteiger partial charge on any atom is 0.245 e. The van der Waals surface area contributed by atoms with E-state index in [2.05, 4.69) is 16.0 Å². The van der Waals surface area contributed by atoms with Crippen LogP contribution in [0.3, 0.4) is 0 Å². The number of unbranched alkanes of at least 4 members (excludes halogenated alkanes) is 2. The van der Waals surface area contributed by atoms with E-state index in [9.17, 15) is 24.0 Å². The average Bonchev–Trinajstić information content (AvgIpc) is 3.42. The van der Waals surface area contributed by atoms with E-state index < -0.39 is 23.5 Å². The summed E-state index contributed by atoms with van der Waals surface area (Å²) < 4.78 is 10.1. The van der Waals surface area contributed by atoms with Gasteiger partial charge in [-0.1, -0.05) is 69.6 Å². The highest BCUT2D eigenvalue weighted by Crippen LogP contribution is 2.30. The van der Waals surface area contributed by atoms with E-state index in [0.29, 0.717) is 63.9 Å². The number of amides is 3. The van der Waals surface area contributed by atoms with Crippen molar-refractivity contribution in [2.45, 2.75) is 83.3 Å². The van der Waals surface area contributed by atoms with Gasteiger partial charge in [0.1, 0.15) is 24.5 Å². The first-order valence-electron chi connectivity index (χ1n) is 15.9. The fourth-order valence-corrected chi connectivity index (χ4v) is 6.10. The van der Waals surface area contributed by atoms with Gasteiger partial charge in [0.2, 0.25) is 22.8 Å². The van der Waals surface area contributed by atoms with Crippen LogP contribution in [0.2, 0.25) is 0 Å². The number of aldehydes is 1. The molecule has 3 amide bonds. The molecule has 0 bridgehead atoms. The van der Waals surface area contributed by atoms with Crippen molar-refractivity contribution < 1.29 is 33.4 Å². The minimum Gasteiger partial charge on any atom is -0.382 e. The van der Waals surface area contributed by atoms with Gasteiger partial charge in [0, 0.05) is 32.2 Å². The Labute approximate surface area is 272 Å². The molecule has 11 nitrogen and oxygen atoms in total. The molecule has 12 heteroatoms. The molecule has 0 saturated carbocycles. The Balaban J connectivity index is 1.86. The number of carbonyl (C=O) groups is 5. The molecule has 2 rings (SSSR count). The number of fused-ring (bicyclic) bond motifs is 1. The molecule has 252 valence electrons. The molecule has 0 fully saturated rings. The van der Waals surface area contributed by atoms with Gasteiger partial charge in [0.25, 0.3) is 0 Å². The highest BCUT2D eigenvalue weighted by atomic mass is 32.2. The molecule has 45 heavy (non-hydrogen) atoms. The van der Waals surface area contributed by atoms with E-state index in [1.807, 2.05) is 45.0 Å². The lowest BCUT2D eigenvalue weighted by Crippen LogP contribution is -2.62. The molecule has 1 aliphatic carbocycles. The molecule has 3 N–H and O–H groups in total. The molecule has 2 atom stereocenters. The predicted molar refractivity (Wildman–Crippen MR) is 176 cm³/mol. The van der Waals surface area contributed by atoms with E-state index in [0.717, 1.165) is 24.0 Å². The second-order valence-electron chi connectivity index (χ2n) is 11.8. The number of benzene rings is 1. The summed E-state index contributed by atoms with van der Waals surface area (Å²) in [7, 11) is 3.33. The first-order valence-corrected chi connectivity index (χ1v) is 16.9. The first-order chi connectivity index (χ1) is 21.6. The van der Waals surface area contributed by atoms with Crippen molar-refractivity contribution in [3.05, 3.63) is 35.4 Å². The average molecular weight is 649 g/mol. The largest absolute Gasteiger partial charge is 0.382 e. The van der Waals surface area contributed by atoms with Crippen LogP contribution in [0.1, 0.15) is 64.0 Å². The summed E-state index contributed by atoms with van der Waals surface area (Å²) in [4.78, 5) is 65.3. The van der Waals surface area contributed by atoms with Crippen molar-refractivity contribution in [2.75, 3.05) is 52.8 Å². The number of nitrogens with zero attached hydrogens (tertiary/aromatic N) is 1. The van der Waals surface area contributed by atoms with Crippen molar-refractivity contribution >= 4 is 40.9 Å². The number of hydrogen-bond donors (Lipinski definition) is 3. The van der Waals surface area contributed by atoms with Crippen LogP contribution >= 0.6 is 11.8 Å². The molecular formula is C33H52N4O7S. The van der Waals surface area contributed by atoms with E-state index in [1.54, 1.807) is 14.2 Å². The van der Waals surface area contributed by atoms with Crippen LogP contribution in [0, 0.1) is 5.92 Å².